The summed E-state index contributed by atoms with van der Waals surface area (Å²) in [5, 5.41) is 4.71. The molecule has 1 heterocycles. The van der Waals surface area contributed by atoms with Gasteiger partial charge in [0.05, 0.1) is 0 Å². The standard InChI is InChI=1S/C14H26N2S2/c1-17-10-6-5-9-15-13-16-11-14(12-18-13)7-3-2-4-8-14/h2-12H2,1H3,(H,15,16). The van der Waals surface area contributed by atoms with Crippen molar-refractivity contribution < 1.29 is 0 Å². The fraction of sp³-hybridized carbons (Fsp3) is 0.929. The van der Waals surface area contributed by atoms with Crippen LogP contribution in [0.5, 0.6) is 0 Å². The van der Waals surface area contributed by atoms with E-state index in [0.29, 0.717) is 5.41 Å². The van der Waals surface area contributed by atoms with Gasteiger partial charge in [0.1, 0.15) is 0 Å². The molecule has 0 aromatic heterocycles. The smallest absolute Gasteiger partial charge is 0.156 e. The van der Waals surface area contributed by atoms with Crippen molar-refractivity contribution in [3.63, 3.8) is 0 Å². The molecule has 0 bridgehead atoms. The Balaban J connectivity index is 1.66. The van der Waals surface area contributed by atoms with Crippen LogP contribution in [0.15, 0.2) is 4.99 Å². The maximum Gasteiger partial charge on any atom is 0.156 e. The third-order valence-corrected chi connectivity index (χ3v) is 6.04. The number of nitrogens with one attached hydrogen (secondary N) is 1. The van der Waals surface area contributed by atoms with Crippen LogP contribution in [0, 0.1) is 5.41 Å². The Morgan fingerprint density at radius 3 is 2.78 bits per heavy atom. The maximum absolute atomic E-state index is 4.79. The Bertz CT molecular complexity index is 273. The minimum absolute atomic E-state index is 0.562. The van der Waals surface area contributed by atoms with E-state index in [1.807, 2.05) is 23.5 Å². The second kappa shape index (κ2) is 7.68. The minimum atomic E-state index is 0.562. The number of unbranched alkanes of at least 4 members (excludes halogenated alkanes) is 1. The fourth-order valence-corrected chi connectivity index (χ4v) is 4.51. The van der Waals surface area contributed by atoms with Gasteiger partial charge in [-0.05, 0) is 43.1 Å². The fourth-order valence-electron chi connectivity index (χ4n) is 2.83. The van der Waals surface area contributed by atoms with E-state index >= 15 is 0 Å². The predicted octanol–water partition coefficient (Wildman–Crippen LogP) is 3.77. The SMILES string of the molecule is CSCCCCNC1=NCC2(CCCCC2)CS1. The lowest BCUT2D eigenvalue weighted by Gasteiger charge is -2.38. The summed E-state index contributed by atoms with van der Waals surface area (Å²) in [4.78, 5) is 4.79. The number of rotatable bonds is 5. The summed E-state index contributed by atoms with van der Waals surface area (Å²) in [5.74, 6) is 2.58. The highest BCUT2D eigenvalue weighted by Crippen LogP contribution is 2.41. The van der Waals surface area contributed by atoms with Crippen molar-refractivity contribution in [1.82, 2.24) is 5.32 Å². The van der Waals surface area contributed by atoms with Crippen molar-refractivity contribution in [3.05, 3.63) is 0 Å². The molecule has 1 aliphatic carbocycles. The summed E-state index contributed by atoms with van der Waals surface area (Å²) in [6.07, 6.45) is 11.9. The summed E-state index contributed by atoms with van der Waals surface area (Å²) in [6, 6.07) is 0. The Hall–Kier alpha value is 0.170. The first-order chi connectivity index (χ1) is 8.85. The number of nitrogens with zero attached hydrogens (tertiary/aromatic N) is 1. The van der Waals surface area contributed by atoms with E-state index in [9.17, 15) is 0 Å². The summed E-state index contributed by atoms with van der Waals surface area (Å²) in [6.45, 7) is 2.17. The molecule has 1 aliphatic heterocycles. The highest BCUT2D eigenvalue weighted by molar-refractivity contribution is 8.13. The predicted molar refractivity (Wildman–Crippen MR) is 85.9 cm³/mol. The van der Waals surface area contributed by atoms with Gasteiger partial charge in [0.2, 0.25) is 0 Å². The lowest BCUT2D eigenvalue weighted by molar-refractivity contribution is 0.232. The molecule has 2 rings (SSSR count). The third kappa shape index (κ3) is 4.37. The Kier molecular flexibility index (Phi) is 6.22. The topological polar surface area (TPSA) is 24.4 Å². The van der Waals surface area contributed by atoms with E-state index in [1.165, 1.54) is 61.6 Å². The molecule has 4 heteroatoms. The van der Waals surface area contributed by atoms with E-state index in [2.05, 4.69) is 11.6 Å². The van der Waals surface area contributed by atoms with Crippen molar-refractivity contribution in [2.24, 2.45) is 10.4 Å². The summed E-state index contributed by atoms with van der Waals surface area (Å²) in [5.41, 5.74) is 0.562. The van der Waals surface area contributed by atoms with E-state index in [4.69, 9.17) is 4.99 Å². The van der Waals surface area contributed by atoms with Crippen LogP contribution in [0.4, 0.5) is 0 Å². The van der Waals surface area contributed by atoms with Gasteiger partial charge in [0, 0.05) is 18.8 Å². The van der Waals surface area contributed by atoms with Crippen molar-refractivity contribution in [1.29, 1.82) is 0 Å². The summed E-state index contributed by atoms with van der Waals surface area (Å²) >= 11 is 3.91. The molecule has 1 N–H and O–H groups in total. The normalized spacial score (nSPS) is 22.8. The molecule has 2 aliphatic rings. The number of hydrogen-bond acceptors (Lipinski definition) is 4. The number of hydrogen-bond donors (Lipinski definition) is 1. The molecule has 0 aromatic carbocycles. The van der Waals surface area contributed by atoms with Crippen molar-refractivity contribution >= 4 is 28.7 Å². The first kappa shape index (κ1) is 14.6. The molecule has 0 aromatic rings. The summed E-state index contributed by atoms with van der Waals surface area (Å²) < 4.78 is 0. The van der Waals surface area contributed by atoms with Crippen LogP contribution >= 0.6 is 23.5 Å². The molecule has 18 heavy (non-hydrogen) atoms. The molecule has 0 radical (unpaired) electrons. The number of thioether (sulfide) groups is 2. The maximum atomic E-state index is 4.79. The van der Waals surface area contributed by atoms with E-state index < -0.39 is 0 Å². The van der Waals surface area contributed by atoms with Crippen LogP contribution in [0.3, 0.4) is 0 Å². The Morgan fingerprint density at radius 2 is 2.11 bits per heavy atom. The zero-order chi connectivity index (χ0) is 12.7. The first-order valence-corrected chi connectivity index (χ1v) is 9.63. The third-order valence-electron chi connectivity index (χ3n) is 4.04. The second-order valence-electron chi connectivity index (χ2n) is 5.60. The van der Waals surface area contributed by atoms with Gasteiger partial charge in [0.25, 0.3) is 0 Å². The van der Waals surface area contributed by atoms with Crippen LogP contribution in [-0.4, -0.2) is 36.0 Å². The minimum Gasteiger partial charge on any atom is -0.365 e. The molecule has 1 saturated carbocycles. The quantitative estimate of drug-likeness (QED) is 0.779. The van der Waals surface area contributed by atoms with Crippen molar-refractivity contribution in [2.45, 2.75) is 44.9 Å². The highest BCUT2D eigenvalue weighted by atomic mass is 32.2. The highest BCUT2D eigenvalue weighted by Gasteiger charge is 2.34. The van der Waals surface area contributed by atoms with Gasteiger partial charge >= 0.3 is 0 Å². The van der Waals surface area contributed by atoms with Crippen LogP contribution in [0.2, 0.25) is 0 Å². The monoisotopic (exact) mass is 286 g/mol. The molecule has 2 nitrogen and oxygen atoms in total. The van der Waals surface area contributed by atoms with Crippen molar-refractivity contribution in [2.75, 3.05) is 30.9 Å². The Morgan fingerprint density at radius 1 is 1.28 bits per heavy atom. The molecule has 0 atom stereocenters. The van der Waals surface area contributed by atoms with Gasteiger partial charge in [-0.2, -0.15) is 11.8 Å². The second-order valence-corrected chi connectivity index (χ2v) is 7.55. The van der Waals surface area contributed by atoms with Crippen LogP contribution in [0.1, 0.15) is 44.9 Å². The zero-order valence-corrected chi connectivity index (χ0v) is 13.2. The Labute approximate surface area is 120 Å². The van der Waals surface area contributed by atoms with E-state index in [-0.39, 0.29) is 0 Å². The lowest BCUT2D eigenvalue weighted by Crippen LogP contribution is -2.37. The molecule has 0 saturated heterocycles. The lowest BCUT2D eigenvalue weighted by atomic mass is 9.75. The number of aliphatic imine (C=N–C) groups is 1. The summed E-state index contributed by atoms with van der Waals surface area (Å²) in [7, 11) is 0. The van der Waals surface area contributed by atoms with Gasteiger partial charge in [-0.15, -0.1) is 0 Å². The van der Waals surface area contributed by atoms with Crippen LogP contribution < -0.4 is 5.32 Å². The van der Waals surface area contributed by atoms with Gasteiger partial charge in [0.15, 0.2) is 5.17 Å². The molecule has 104 valence electrons. The van der Waals surface area contributed by atoms with Gasteiger partial charge < -0.3 is 5.32 Å². The zero-order valence-electron chi connectivity index (χ0n) is 11.5. The molecule has 1 spiro atoms. The molecule has 0 unspecified atom stereocenters. The molecular formula is C14H26N2S2. The molecular weight excluding hydrogens is 260 g/mol. The largest absolute Gasteiger partial charge is 0.365 e. The van der Waals surface area contributed by atoms with E-state index in [1.54, 1.807) is 0 Å². The van der Waals surface area contributed by atoms with Gasteiger partial charge in [-0.3, -0.25) is 4.99 Å². The van der Waals surface area contributed by atoms with Crippen molar-refractivity contribution in [3.8, 4) is 0 Å². The van der Waals surface area contributed by atoms with Gasteiger partial charge in [-0.1, -0.05) is 31.0 Å². The average Bonchev–Trinajstić information content (AvgIpc) is 2.42. The van der Waals surface area contributed by atoms with E-state index in [0.717, 1.165) is 13.1 Å². The average molecular weight is 287 g/mol. The first-order valence-electron chi connectivity index (χ1n) is 7.25. The molecule has 0 amide bonds. The van der Waals surface area contributed by atoms with Crippen LogP contribution in [0.25, 0.3) is 0 Å². The molecule has 1 fully saturated rings. The number of amidine groups is 1. The van der Waals surface area contributed by atoms with Gasteiger partial charge in [-0.25, -0.2) is 0 Å². The van der Waals surface area contributed by atoms with Crippen LogP contribution in [-0.2, 0) is 0 Å².